The Labute approximate surface area is 189 Å². The molecular formula is C24H27F3N4O2. The first-order chi connectivity index (χ1) is 15.5. The van der Waals surface area contributed by atoms with E-state index in [9.17, 15) is 18.0 Å². The Morgan fingerprint density at radius 3 is 2.70 bits per heavy atom. The van der Waals surface area contributed by atoms with Crippen LogP contribution in [-0.2, 0) is 36.8 Å². The summed E-state index contributed by atoms with van der Waals surface area (Å²) in [5.74, 6) is -1.14. The average molecular weight is 461 g/mol. The summed E-state index contributed by atoms with van der Waals surface area (Å²) in [5.41, 5.74) is 3.89. The Morgan fingerprint density at radius 2 is 2.03 bits per heavy atom. The highest BCUT2D eigenvalue weighted by Crippen LogP contribution is 2.40. The molecular weight excluding hydrogens is 433 g/mol. The summed E-state index contributed by atoms with van der Waals surface area (Å²) < 4.78 is 42.9. The van der Waals surface area contributed by atoms with Crippen molar-refractivity contribution in [3.8, 4) is 22.6 Å². The van der Waals surface area contributed by atoms with Gasteiger partial charge in [-0.2, -0.15) is 23.4 Å². The lowest BCUT2D eigenvalue weighted by atomic mass is 9.76. The third kappa shape index (κ3) is 4.67. The molecule has 0 radical (unpaired) electrons. The summed E-state index contributed by atoms with van der Waals surface area (Å²) in [7, 11) is 0. The van der Waals surface area contributed by atoms with Crippen LogP contribution in [0.4, 0.5) is 13.2 Å². The number of fused-ring (bicyclic) bond motifs is 1. The molecule has 4 rings (SSSR count). The molecule has 0 saturated carbocycles. The van der Waals surface area contributed by atoms with Gasteiger partial charge >= 0.3 is 12.1 Å². The number of carboxylic acids is 1. The number of carbonyl (C=O) groups is 1. The number of aliphatic carboxylic acids is 1. The second kappa shape index (κ2) is 8.35. The number of nitrogens with one attached hydrogen (secondary N) is 1. The number of alkyl halides is 3. The maximum atomic E-state index is 13.6. The Morgan fingerprint density at radius 1 is 1.27 bits per heavy atom. The number of halogens is 3. The molecule has 0 bridgehead atoms. The van der Waals surface area contributed by atoms with Crippen LogP contribution in [0, 0.1) is 5.41 Å². The smallest absolute Gasteiger partial charge is 0.416 e. The quantitative estimate of drug-likeness (QED) is 0.508. The molecule has 0 spiro atoms. The normalized spacial score (nSPS) is 15.5. The van der Waals surface area contributed by atoms with Gasteiger partial charge in [0.05, 0.1) is 17.0 Å². The fraction of sp³-hybridized carbons (Fsp3) is 0.458. The Hall–Kier alpha value is -3.10. The summed E-state index contributed by atoms with van der Waals surface area (Å²) in [6.07, 6.45) is -2.28. The minimum Gasteiger partial charge on any atom is -0.481 e. The molecule has 0 fully saturated rings. The summed E-state index contributed by atoms with van der Waals surface area (Å²) in [5, 5.41) is 20.8. The van der Waals surface area contributed by atoms with E-state index >= 15 is 0 Å². The molecule has 0 saturated heterocycles. The molecule has 1 aliphatic rings. The Balaban J connectivity index is 1.70. The van der Waals surface area contributed by atoms with E-state index in [0.717, 1.165) is 37.6 Å². The number of aromatic nitrogens is 4. The van der Waals surface area contributed by atoms with Gasteiger partial charge in [0.1, 0.15) is 5.69 Å². The summed E-state index contributed by atoms with van der Waals surface area (Å²) in [6, 6.07) is 5.66. The number of H-pyrrole nitrogens is 1. The van der Waals surface area contributed by atoms with Crippen molar-refractivity contribution < 1.29 is 23.1 Å². The first-order valence-electron chi connectivity index (χ1n) is 11.0. The molecule has 2 N–H and O–H groups in total. The molecule has 1 aromatic carbocycles. The molecule has 2 aromatic heterocycles. The zero-order valence-corrected chi connectivity index (χ0v) is 18.9. The van der Waals surface area contributed by atoms with Crippen molar-refractivity contribution in [1.82, 2.24) is 20.0 Å². The largest absolute Gasteiger partial charge is 0.481 e. The third-order valence-corrected chi connectivity index (χ3v) is 6.32. The molecule has 2 heterocycles. The average Bonchev–Trinajstić information content (AvgIpc) is 3.35. The minimum atomic E-state index is -4.59. The first-order valence-corrected chi connectivity index (χ1v) is 11.0. The molecule has 1 aliphatic carbocycles. The SMILES string of the molecule is CCn1nc(-c2cc(-c3ccc(CCC(=O)O)c(C(F)(F)F)c3)n[nH]2)c2c1CC(C)(C)CC2. The number of aromatic amines is 1. The molecule has 0 atom stereocenters. The molecule has 0 aliphatic heterocycles. The van der Waals surface area contributed by atoms with Gasteiger partial charge in [-0.3, -0.25) is 14.6 Å². The van der Waals surface area contributed by atoms with Crippen molar-refractivity contribution in [3.63, 3.8) is 0 Å². The molecule has 0 amide bonds. The lowest BCUT2D eigenvalue weighted by molar-refractivity contribution is -0.140. The Kier molecular flexibility index (Phi) is 5.84. The highest BCUT2D eigenvalue weighted by Gasteiger charge is 2.34. The van der Waals surface area contributed by atoms with Crippen LogP contribution in [0.25, 0.3) is 22.6 Å². The van der Waals surface area contributed by atoms with E-state index < -0.39 is 17.7 Å². The number of aryl methyl sites for hydroxylation is 2. The second-order valence-corrected chi connectivity index (χ2v) is 9.36. The van der Waals surface area contributed by atoms with E-state index in [1.54, 1.807) is 12.1 Å². The van der Waals surface area contributed by atoms with Gasteiger partial charge in [0, 0.05) is 29.8 Å². The van der Waals surface area contributed by atoms with E-state index in [4.69, 9.17) is 10.2 Å². The standard InChI is InChI=1S/C24H27F3N4O2/c1-4-31-20-13-23(2,3)10-9-16(20)22(30-31)19-12-18(28-29-19)15-6-5-14(7-8-21(32)33)17(11-15)24(25,26)27/h5-6,11-12H,4,7-10,13H2,1-3H3,(H,28,29)(H,32,33). The van der Waals surface area contributed by atoms with E-state index in [1.165, 1.54) is 17.3 Å². The van der Waals surface area contributed by atoms with Crippen molar-refractivity contribution in [2.45, 2.75) is 65.6 Å². The van der Waals surface area contributed by atoms with Gasteiger partial charge in [-0.1, -0.05) is 26.0 Å². The third-order valence-electron chi connectivity index (χ3n) is 6.32. The first kappa shape index (κ1) is 23.1. The van der Waals surface area contributed by atoms with Crippen LogP contribution in [-0.4, -0.2) is 31.1 Å². The predicted octanol–water partition coefficient (Wildman–Crippen LogP) is 5.51. The number of hydrogen-bond donors (Lipinski definition) is 2. The molecule has 6 nitrogen and oxygen atoms in total. The van der Waals surface area contributed by atoms with Crippen molar-refractivity contribution >= 4 is 5.97 Å². The van der Waals surface area contributed by atoms with Crippen LogP contribution in [0.3, 0.4) is 0 Å². The van der Waals surface area contributed by atoms with Crippen molar-refractivity contribution in [1.29, 1.82) is 0 Å². The van der Waals surface area contributed by atoms with E-state index in [1.807, 2.05) is 11.6 Å². The van der Waals surface area contributed by atoms with E-state index in [2.05, 4.69) is 24.0 Å². The number of hydrogen-bond acceptors (Lipinski definition) is 3. The van der Waals surface area contributed by atoms with Crippen LogP contribution in [0.15, 0.2) is 24.3 Å². The number of benzene rings is 1. The lowest BCUT2D eigenvalue weighted by Gasteiger charge is -2.30. The monoisotopic (exact) mass is 460 g/mol. The topological polar surface area (TPSA) is 83.8 Å². The van der Waals surface area contributed by atoms with Gasteiger partial charge in [-0.25, -0.2) is 0 Å². The van der Waals surface area contributed by atoms with Crippen LogP contribution < -0.4 is 0 Å². The number of rotatable bonds is 6. The van der Waals surface area contributed by atoms with E-state index in [0.29, 0.717) is 17.0 Å². The van der Waals surface area contributed by atoms with Crippen molar-refractivity contribution in [3.05, 3.63) is 46.6 Å². The summed E-state index contributed by atoms with van der Waals surface area (Å²) in [6.45, 7) is 7.28. The fourth-order valence-electron chi connectivity index (χ4n) is 4.53. The maximum absolute atomic E-state index is 13.6. The second-order valence-electron chi connectivity index (χ2n) is 9.36. The minimum absolute atomic E-state index is 0.0391. The van der Waals surface area contributed by atoms with Gasteiger partial charge in [-0.15, -0.1) is 0 Å². The molecule has 0 unspecified atom stereocenters. The highest BCUT2D eigenvalue weighted by atomic mass is 19.4. The highest BCUT2D eigenvalue weighted by molar-refractivity contribution is 5.70. The predicted molar refractivity (Wildman–Crippen MR) is 118 cm³/mol. The van der Waals surface area contributed by atoms with Gasteiger partial charge < -0.3 is 5.11 Å². The summed E-state index contributed by atoms with van der Waals surface area (Å²) >= 11 is 0. The molecule has 176 valence electrons. The summed E-state index contributed by atoms with van der Waals surface area (Å²) in [4.78, 5) is 10.8. The van der Waals surface area contributed by atoms with Crippen LogP contribution in [0.5, 0.6) is 0 Å². The molecule has 9 heteroatoms. The van der Waals surface area contributed by atoms with Gasteiger partial charge in [0.15, 0.2) is 0 Å². The van der Waals surface area contributed by atoms with Crippen molar-refractivity contribution in [2.24, 2.45) is 5.41 Å². The van der Waals surface area contributed by atoms with Gasteiger partial charge in [-0.05, 0) is 55.7 Å². The van der Waals surface area contributed by atoms with Crippen LogP contribution in [0.1, 0.15) is 56.0 Å². The lowest BCUT2D eigenvalue weighted by Crippen LogP contribution is -2.24. The Bertz CT molecular complexity index is 1190. The fourth-order valence-corrected chi connectivity index (χ4v) is 4.53. The van der Waals surface area contributed by atoms with Gasteiger partial charge in [0.2, 0.25) is 0 Å². The molecule has 3 aromatic rings. The van der Waals surface area contributed by atoms with Gasteiger partial charge in [0.25, 0.3) is 0 Å². The van der Waals surface area contributed by atoms with Crippen LogP contribution >= 0.6 is 0 Å². The zero-order valence-electron chi connectivity index (χ0n) is 18.9. The van der Waals surface area contributed by atoms with E-state index in [-0.39, 0.29) is 23.8 Å². The maximum Gasteiger partial charge on any atom is 0.416 e. The number of nitrogens with zero attached hydrogens (tertiary/aromatic N) is 3. The number of carboxylic acid groups (broad SMARTS) is 1. The zero-order chi connectivity index (χ0) is 24.0. The van der Waals surface area contributed by atoms with Crippen molar-refractivity contribution in [2.75, 3.05) is 0 Å². The molecule has 33 heavy (non-hydrogen) atoms. The van der Waals surface area contributed by atoms with Crippen LogP contribution in [0.2, 0.25) is 0 Å².